The summed E-state index contributed by atoms with van der Waals surface area (Å²) in [7, 11) is 2.18. The quantitative estimate of drug-likeness (QED) is 0.839. The van der Waals surface area contributed by atoms with E-state index >= 15 is 0 Å². The smallest absolute Gasteiger partial charge is 0.00962 e. The van der Waals surface area contributed by atoms with Gasteiger partial charge >= 0.3 is 0 Å². The second kappa shape index (κ2) is 4.98. The standard InChI is InChI=1S/C14H22N2/c1-11(7-8-15)13-5-3-4-6-14(13)12-9-16(2)10-12/h3-6,11-12H,7-10,15H2,1-2H3. The van der Waals surface area contributed by atoms with Crippen LogP contribution in [-0.2, 0) is 0 Å². The van der Waals surface area contributed by atoms with E-state index in [1.54, 1.807) is 5.56 Å². The Morgan fingerprint density at radius 2 is 2.06 bits per heavy atom. The first-order chi connectivity index (χ1) is 7.72. The summed E-state index contributed by atoms with van der Waals surface area (Å²) in [4.78, 5) is 2.37. The summed E-state index contributed by atoms with van der Waals surface area (Å²) in [5, 5.41) is 0. The van der Waals surface area contributed by atoms with Gasteiger partial charge < -0.3 is 10.6 Å². The van der Waals surface area contributed by atoms with E-state index in [0.717, 1.165) is 18.9 Å². The van der Waals surface area contributed by atoms with E-state index in [9.17, 15) is 0 Å². The monoisotopic (exact) mass is 218 g/mol. The molecule has 1 aromatic rings. The molecule has 2 nitrogen and oxygen atoms in total. The van der Waals surface area contributed by atoms with Gasteiger partial charge in [-0.1, -0.05) is 31.2 Å². The highest BCUT2D eigenvalue weighted by Gasteiger charge is 2.27. The van der Waals surface area contributed by atoms with Crippen LogP contribution in [0.15, 0.2) is 24.3 Å². The van der Waals surface area contributed by atoms with E-state index in [1.807, 2.05) is 0 Å². The molecule has 1 aromatic carbocycles. The number of nitrogens with zero attached hydrogens (tertiary/aromatic N) is 1. The molecule has 1 fully saturated rings. The maximum Gasteiger partial charge on any atom is 0.00962 e. The van der Waals surface area contributed by atoms with E-state index in [4.69, 9.17) is 5.73 Å². The van der Waals surface area contributed by atoms with Crippen LogP contribution < -0.4 is 5.73 Å². The van der Waals surface area contributed by atoms with Gasteiger partial charge in [-0.25, -0.2) is 0 Å². The maximum atomic E-state index is 5.65. The van der Waals surface area contributed by atoms with Crippen LogP contribution in [0.1, 0.15) is 36.3 Å². The molecule has 2 heteroatoms. The van der Waals surface area contributed by atoms with E-state index < -0.39 is 0 Å². The highest BCUT2D eigenvalue weighted by atomic mass is 15.2. The summed E-state index contributed by atoms with van der Waals surface area (Å²) >= 11 is 0. The van der Waals surface area contributed by atoms with Crippen LogP contribution >= 0.6 is 0 Å². The third-order valence-corrected chi connectivity index (χ3v) is 3.63. The molecule has 2 N–H and O–H groups in total. The fourth-order valence-corrected chi connectivity index (χ4v) is 2.63. The second-order valence-corrected chi connectivity index (χ2v) is 5.03. The zero-order valence-corrected chi connectivity index (χ0v) is 10.3. The lowest BCUT2D eigenvalue weighted by atomic mass is 9.83. The van der Waals surface area contributed by atoms with Crippen molar-refractivity contribution in [2.45, 2.75) is 25.2 Å². The van der Waals surface area contributed by atoms with E-state index in [2.05, 4.69) is 43.1 Å². The lowest BCUT2D eigenvalue weighted by Gasteiger charge is -2.38. The van der Waals surface area contributed by atoms with Crippen molar-refractivity contribution in [3.05, 3.63) is 35.4 Å². The van der Waals surface area contributed by atoms with Gasteiger partial charge in [0.05, 0.1) is 0 Å². The number of likely N-dealkylation sites (N-methyl/N-ethyl adjacent to an activating group) is 1. The maximum absolute atomic E-state index is 5.65. The van der Waals surface area contributed by atoms with Gasteiger partial charge in [-0.2, -0.15) is 0 Å². The van der Waals surface area contributed by atoms with E-state index in [0.29, 0.717) is 5.92 Å². The van der Waals surface area contributed by atoms with Gasteiger partial charge in [-0.05, 0) is 37.1 Å². The summed E-state index contributed by atoms with van der Waals surface area (Å²) < 4.78 is 0. The fourth-order valence-electron chi connectivity index (χ4n) is 2.63. The van der Waals surface area contributed by atoms with E-state index in [1.165, 1.54) is 18.7 Å². The predicted molar refractivity (Wildman–Crippen MR) is 68.8 cm³/mol. The topological polar surface area (TPSA) is 29.3 Å². The van der Waals surface area contributed by atoms with Crippen molar-refractivity contribution in [2.24, 2.45) is 5.73 Å². The van der Waals surface area contributed by atoms with Gasteiger partial charge in [0.2, 0.25) is 0 Å². The van der Waals surface area contributed by atoms with Crippen molar-refractivity contribution in [1.82, 2.24) is 4.90 Å². The molecule has 0 bridgehead atoms. The third kappa shape index (κ3) is 2.28. The summed E-state index contributed by atoms with van der Waals surface area (Å²) in [6.45, 7) is 5.47. The van der Waals surface area contributed by atoms with Crippen molar-refractivity contribution in [3.8, 4) is 0 Å². The molecule has 1 saturated heterocycles. The molecule has 0 aromatic heterocycles. The lowest BCUT2D eigenvalue weighted by Crippen LogP contribution is -2.42. The van der Waals surface area contributed by atoms with Crippen molar-refractivity contribution in [2.75, 3.05) is 26.7 Å². The first-order valence-corrected chi connectivity index (χ1v) is 6.19. The van der Waals surface area contributed by atoms with Crippen molar-refractivity contribution in [1.29, 1.82) is 0 Å². The minimum Gasteiger partial charge on any atom is -0.330 e. The molecule has 0 radical (unpaired) electrons. The minimum absolute atomic E-state index is 0.590. The fraction of sp³-hybridized carbons (Fsp3) is 0.571. The molecule has 0 aliphatic carbocycles. The molecule has 88 valence electrons. The number of hydrogen-bond donors (Lipinski definition) is 1. The van der Waals surface area contributed by atoms with Gasteiger partial charge in [0, 0.05) is 19.0 Å². The molecule has 16 heavy (non-hydrogen) atoms. The molecule has 1 unspecified atom stereocenters. The first-order valence-electron chi connectivity index (χ1n) is 6.19. The van der Waals surface area contributed by atoms with Crippen molar-refractivity contribution in [3.63, 3.8) is 0 Å². The normalized spacial score (nSPS) is 19.4. The van der Waals surface area contributed by atoms with Crippen LogP contribution in [0.2, 0.25) is 0 Å². The molecular weight excluding hydrogens is 196 g/mol. The van der Waals surface area contributed by atoms with Crippen LogP contribution in [0.4, 0.5) is 0 Å². The molecular formula is C14H22N2. The lowest BCUT2D eigenvalue weighted by molar-refractivity contribution is 0.189. The van der Waals surface area contributed by atoms with Crippen LogP contribution in [0.3, 0.4) is 0 Å². The largest absolute Gasteiger partial charge is 0.330 e. The van der Waals surface area contributed by atoms with Gasteiger partial charge in [-0.3, -0.25) is 0 Å². The van der Waals surface area contributed by atoms with Crippen LogP contribution in [0, 0.1) is 0 Å². The first kappa shape index (κ1) is 11.6. The number of nitrogens with two attached hydrogens (primary N) is 1. The highest BCUT2D eigenvalue weighted by molar-refractivity contribution is 5.35. The Morgan fingerprint density at radius 3 is 2.69 bits per heavy atom. The summed E-state index contributed by atoms with van der Waals surface area (Å²) in [6.07, 6.45) is 1.08. The Balaban J connectivity index is 2.17. The highest BCUT2D eigenvalue weighted by Crippen LogP contribution is 2.32. The Bertz CT molecular complexity index is 319. The van der Waals surface area contributed by atoms with E-state index in [-0.39, 0.29) is 0 Å². The minimum atomic E-state index is 0.590. The number of likely N-dealkylation sites (tertiary alicyclic amines) is 1. The second-order valence-electron chi connectivity index (χ2n) is 5.03. The van der Waals surface area contributed by atoms with Crippen LogP contribution in [0.5, 0.6) is 0 Å². The summed E-state index contributed by atoms with van der Waals surface area (Å²) in [5.74, 6) is 1.33. The number of hydrogen-bond acceptors (Lipinski definition) is 2. The average molecular weight is 218 g/mol. The van der Waals surface area contributed by atoms with Crippen molar-refractivity contribution < 1.29 is 0 Å². The molecule has 2 rings (SSSR count). The average Bonchev–Trinajstić information content (AvgIpc) is 2.25. The zero-order valence-electron chi connectivity index (χ0n) is 10.3. The third-order valence-electron chi connectivity index (χ3n) is 3.63. The molecule has 1 heterocycles. The zero-order chi connectivity index (χ0) is 11.5. The summed E-state index contributed by atoms with van der Waals surface area (Å²) in [6, 6.07) is 8.87. The van der Waals surface area contributed by atoms with Gasteiger partial charge in [-0.15, -0.1) is 0 Å². The predicted octanol–water partition coefficient (Wildman–Crippen LogP) is 2.17. The Labute approximate surface area is 98.4 Å². The molecule has 1 aliphatic rings. The van der Waals surface area contributed by atoms with Gasteiger partial charge in [0.15, 0.2) is 0 Å². The van der Waals surface area contributed by atoms with Gasteiger partial charge in [0.1, 0.15) is 0 Å². The van der Waals surface area contributed by atoms with Gasteiger partial charge in [0.25, 0.3) is 0 Å². The summed E-state index contributed by atoms with van der Waals surface area (Å²) in [5.41, 5.74) is 8.70. The van der Waals surface area contributed by atoms with Crippen LogP contribution in [0.25, 0.3) is 0 Å². The van der Waals surface area contributed by atoms with Crippen molar-refractivity contribution >= 4 is 0 Å². The van der Waals surface area contributed by atoms with Crippen LogP contribution in [-0.4, -0.2) is 31.6 Å². The molecule has 1 aliphatic heterocycles. The number of benzene rings is 1. The Morgan fingerprint density at radius 1 is 1.38 bits per heavy atom. The molecule has 1 atom stereocenters. The molecule has 0 spiro atoms. The molecule has 0 saturated carbocycles. The molecule has 0 amide bonds. The Kier molecular flexibility index (Phi) is 3.62. The SMILES string of the molecule is CC(CCN)c1ccccc1C1CN(C)C1. The number of rotatable bonds is 4. The Hall–Kier alpha value is -0.860.